The number of carbonyl (C=O) groups excluding carboxylic acids is 1. The van der Waals surface area contributed by atoms with Crippen molar-refractivity contribution in [3.8, 4) is 0 Å². The largest absolute Gasteiger partial charge is 0.388 e. The highest BCUT2D eigenvalue weighted by molar-refractivity contribution is 5.82. The van der Waals surface area contributed by atoms with Gasteiger partial charge in [0.1, 0.15) is 6.10 Å². The van der Waals surface area contributed by atoms with Crippen molar-refractivity contribution < 1.29 is 14.6 Å². The lowest BCUT2D eigenvalue weighted by Gasteiger charge is -2.19. The summed E-state index contributed by atoms with van der Waals surface area (Å²) in [6.07, 6.45) is 1.19. The number of hydrogen-bond donors (Lipinski definition) is 2. The fourth-order valence-corrected chi connectivity index (χ4v) is 2.28. The zero-order valence-electron chi connectivity index (χ0n) is 8.98. The number of hydrogen-bond acceptors (Lipinski definition) is 4. The Balaban J connectivity index is 1.91. The zero-order chi connectivity index (χ0) is 10.8. The first-order valence-electron chi connectivity index (χ1n) is 5.45. The number of carbonyl (C=O) groups is 1. The molecule has 86 valence electrons. The van der Waals surface area contributed by atoms with E-state index in [9.17, 15) is 9.90 Å². The lowest BCUT2D eigenvalue weighted by Crippen LogP contribution is -2.43. The van der Waals surface area contributed by atoms with Crippen molar-refractivity contribution in [3.05, 3.63) is 0 Å². The highest BCUT2D eigenvalue weighted by atomic mass is 16.5. The molecule has 2 aliphatic heterocycles. The molecular weight excluding hydrogens is 196 g/mol. The number of rotatable bonds is 2. The minimum Gasteiger partial charge on any atom is -0.388 e. The molecule has 15 heavy (non-hydrogen) atoms. The fraction of sp³-hybridized carbons (Fsp3) is 0.900. The molecule has 5 nitrogen and oxygen atoms in total. The summed E-state index contributed by atoms with van der Waals surface area (Å²) in [7, 11) is 1.57. The Morgan fingerprint density at radius 2 is 2.33 bits per heavy atom. The van der Waals surface area contributed by atoms with Gasteiger partial charge in [-0.3, -0.25) is 4.79 Å². The first-order chi connectivity index (χ1) is 7.22. The number of β-amino-alcohol motifs (C(OH)–C–C–N with tert-alkyl or cyclic N) is 1. The number of nitrogens with one attached hydrogen (secondary N) is 1. The Morgan fingerprint density at radius 3 is 2.87 bits per heavy atom. The normalized spacial score (nSPS) is 36.1. The zero-order valence-corrected chi connectivity index (χ0v) is 8.98. The predicted octanol–water partition coefficient (Wildman–Crippen LogP) is -1.04. The molecule has 3 unspecified atom stereocenters. The van der Waals surface area contributed by atoms with E-state index in [1.807, 2.05) is 0 Å². The van der Waals surface area contributed by atoms with Crippen LogP contribution in [-0.2, 0) is 9.53 Å². The van der Waals surface area contributed by atoms with Gasteiger partial charge >= 0.3 is 0 Å². The van der Waals surface area contributed by atoms with Gasteiger partial charge in [-0.05, 0) is 19.4 Å². The van der Waals surface area contributed by atoms with E-state index in [1.54, 1.807) is 12.0 Å². The molecule has 0 aliphatic carbocycles. The van der Waals surface area contributed by atoms with Gasteiger partial charge < -0.3 is 20.1 Å². The van der Waals surface area contributed by atoms with E-state index in [0.29, 0.717) is 13.1 Å². The molecule has 2 fully saturated rings. The number of methoxy groups -OCH3 is 1. The Morgan fingerprint density at radius 1 is 1.53 bits per heavy atom. The van der Waals surface area contributed by atoms with Gasteiger partial charge in [0.05, 0.1) is 12.1 Å². The van der Waals surface area contributed by atoms with Crippen molar-refractivity contribution in [2.24, 2.45) is 0 Å². The topological polar surface area (TPSA) is 61.8 Å². The van der Waals surface area contributed by atoms with E-state index >= 15 is 0 Å². The molecule has 2 heterocycles. The highest BCUT2D eigenvalue weighted by Crippen LogP contribution is 2.16. The van der Waals surface area contributed by atoms with Crippen LogP contribution >= 0.6 is 0 Å². The first kappa shape index (κ1) is 10.9. The first-order valence-corrected chi connectivity index (χ1v) is 5.45. The standard InChI is InChI=1S/C10H18N2O3/c1-15-9-6-12(5-8(9)13)10(14)7-3-2-4-11-7/h7-9,11,13H,2-6H2,1H3. The molecule has 2 aliphatic rings. The van der Waals surface area contributed by atoms with Crippen molar-refractivity contribution in [2.75, 3.05) is 26.7 Å². The van der Waals surface area contributed by atoms with Gasteiger partial charge in [0, 0.05) is 20.2 Å². The van der Waals surface area contributed by atoms with E-state index in [2.05, 4.69) is 5.32 Å². The summed E-state index contributed by atoms with van der Waals surface area (Å²) in [6, 6.07) is -0.0483. The Hall–Kier alpha value is -0.650. The lowest BCUT2D eigenvalue weighted by atomic mass is 10.2. The summed E-state index contributed by atoms with van der Waals surface area (Å²) >= 11 is 0. The molecule has 3 atom stereocenters. The minimum absolute atomic E-state index is 0.0483. The fourth-order valence-electron chi connectivity index (χ4n) is 2.28. The molecule has 2 saturated heterocycles. The highest BCUT2D eigenvalue weighted by Gasteiger charge is 2.37. The van der Waals surface area contributed by atoms with Crippen LogP contribution in [0.4, 0.5) is 0 Å². The second-order valence-electron chi connectivity index (χ2n) is 4.23. The number of aliphatic hydroxyl groups is 1. The maximum atomic E-state index is 12.0. The molecule has 0 spiro atoms. The molecule has 0 aromatic carbocycles. The van der Waals surface area contributed by atoms with Crippen molar-refractivity contribution in [2.45, 2.75) is 31.1 Å². The van der Waals surface area contributed by atoms with Gasteiger partial charge in [-0.15, -0.1) is 0 Å². The lowest BCUT2D eigenvalue weighted by molar-refractivity contribution is -0.132. The Kier molecular flexibility index (Phi) is 3.23. The van der Waals surface area contributed by atoms with Crippen molar-refractivity contribution in [1.82, 2.24) is 10.2 Å². The van der Waals surface area contributed by atoms with E-state index < -0.39 is 6.10 Å². The maximum absolute atomic E-state index is 12.0. The third-order valence-corrected chi connectivity index (χ3v) is 3.21. The molecule has 0 aromatic heterocycles. The molecule has 0 radical (unpaired) electrons. The number of ether oxygens (including phenoxy) is 1. The summed E-state index contributed by atoms with van der Waals surface area (Å²) < 4.78 is 5.10. The Bertz CT molecular complexity index is 241. The summed E-state index contributed by atoms with van der Waals surface area (Å²) in [4.78, 5) is 13.6. The van der Waals surface area contributed by atoms with Crippen LogP contribution in [0.25, 0.3) is 0 Å². The summed E-state index contributed by atoms with van der Waals surface area (Å²) in [5.74, 6) is 0.103. The second kappa shape index (κ2) is 4.47. The van der Waals surface area contributed by atoms with Crippen LogP contribution < -0.4 is 5.32 Å². The summed E-state index contributed by atoms with van der Waals surface area (Å²) in [6.45, 7) is 1.82. The molecule has 0 saturated carbocycles. The van der Waals surface area contributed by atoms with Gasteiger partial charge in [0.2, 0.25) is 5.91 Å². The monoisotopic (exact) mass is 214 g/mol. The minimum atomic E-state index is -0.541. The van der Waals surface area contributed by atoms with Crippen LogP contribution in [0.1, 0.15) is 12.8 Å². The molecule has 0 bridgehead atoms. The van der Waals surface area contributed by atoms with Crippen LogP contribution in [0.5, 0.6) is 0 Å². The molecule has 0 aromatic rings. The van der Waals surface area contributed by atoms with Crippen molar-refractivity contribution >= 4 is 5.91 Å². The van der Waals surface area contributed by atoms with E-state index in [0.717, 1.165) is 19.4 Å². The van der Waals surface area contributed by atoms with Gasteiger partial charge in [-0.2, -0.15) is 0 Å². The summed E-state index contributed by atoms with van der Waals surface area (Å²) in [5.41, 5.74) is 0. The quantitative estimate of drug-likeness (QED) is 0.616. The van der Waals surface area contributed by atoms with Gasteiger partial charge in [-0.25, -0.2) is 0 Å². The van der Waals surface area contributed by atoms with Gasteiger partial charge in [-0.1, -0.05) is 0 Å². The number of nitrogens with zero attached hydrogens (tertiary/aromatic N) is 1. The Labute approximate surface area is 89.4 Å². The van der Waals surface area contributed by atoms with Crippen LogP contribution in [0.15, 0.2) is 0 Å². The van der Waals surface area contributed by atoms with Crippen molar-refractivity contribution in [1.29, 1.82) is 0 Å². The van der Waals surface area contributed by atoms with E-state index in [-0.39, 0.29) is 18.1 Å². The SMILES string of the molecule is COC1CN(C(=O)C2CCCN2)CC1O. The van der Waals surface area contributed by atoms with Crippen LogP contribution in [-0.4, -0.2) is 60.9 Å². The summed E-state index contributed by atoms with van der Waals surface area (Å²) in [5, 5.41) is 12.8. The van der Waals surface area contributed by atoms with Gasteiger partial charge in [0.25, 0.3) is 0 Å². The molecule has 2 rings (SSSR count). The molecule has 2 N–H and O–H groups in total. The molecular formula is C10H18N2O3. The van der Waals surface area contributed by atoms with Crippen LogP contribution in [0.3, 0.4) is 0 Å². The average molecular weight is 214 g/mol. The maximum Gasteiger partial charge on any atom is 0.239 e. The average Bonchev–Trinajstić information content (AvgIpc) is 2.85. The second-order valence-corrected chi connectivity index (χ2v) is 4.23. The van der Waals surface area contributed by atoms with Crippen molar-refractivity contribution in [3.63, 3.8) is 0 Å². The van der Waals surface area contributed by atoms with E-state index in [1.165, 1.54) is 0 Å². The number of amides is 1. The third-order valence-electron chi connectivity index (χ3n) is 3.21. The number of aliphatic hydroxyl groups excluding tert-OH is 1. The predicted molar refractivity (Wildman–Crippen MR) is 54.4 cm³/mol. The van der Waals surface area contributed by atoms with Crippen LogP contribution in [0, 0.1) is 0 Å². The van der Waals surface area contributed by atoms with Crippen LogP contribution in [0.2, 0.25) is 0 Å². The molecule has 1 amide bonds. The molecule has 5 heteroatoms. The number of likely N-dealkylation sites (tertiary alicyclic amines) is 1. The van der Waals surface area contributed by atoms with Gasteiger partial charge in [0.15, 0.2) is 0 Å². The smallest absolute Gasteiger partial charge is 0.239 e. The third kappa shape index (κ3) is 2.14. The van der Waals surface area contributed by atoms with E-state index in [4.69, 9.17) is 4.74 Å².